The van der Waals surface area contributed by atoms with Crippen molar-refractivity contribution >= 4 is 114 Å². The summed E-state index contributed by atoms with van der Waals surface area (Å²) >= 11 is 8.12. The Morgan fingerprint density at radius 2 is 1.01 bits per heavy atom. The monoisotopic (exact) mass is 1240 g/mol. The van der Waals surface area contributed by atoms with Crippen LogP contribution in [0, 0.1) is 17.8 Å². The summed E-state index contributed by atoms with van der Waals surface area (Å²) < 4.78 is 0. The number of hydrogen-bond donors (Lipinski definition) is 19. The van der Waals surface area contributed by atoms with Gasteiger partial charge in [0.1, 0.15) is 48.3 Å². The van der Waals surface area contributed by atoms with E-state index in [1.54, 1.807) is 27.7 Å². The van der Waals surface area contributed by atoms with E-state index in [1.807, 2.05) is 13.8 Å². The Kier molecular flexibility index (Phi) is 34.1. The number of nitrogens with zero attached hydrogens (tertiary/aromatic N) is 2. The van der Waals surface area contributed by atoms with Gasteiger partial charge in [0.05, 0.1) is 44.9 Å². The lowest BCUT2D eigenvalue weighted by Gasteiger charge is -2.28. The molecule has 85 heavy (non-hydrogen) atoms. The number of guanidine groups is 1. The van der Waals surface area contributed by atoms with E-state index in [0.29, 0.717) is 6.42 Å². The summed E-state index contributed by atoms with van der Waals surface area (Å²) in [5.41, 5.74) is 21.9. The van der Waals surface area contributed by atoms with Gasteiger partial charge < -0.3 is 96.7 Å². The number of carbonyl (C=O) groups excluding carboxylic acids is 14. The molecule has 1 fully saturated rings. The van der Waals surface area contributed by atoms with Crippen LogP contribution in [-0.2, 0) is 67.1 Å². The quantitative estimate of drug-likeness (QED) is 0.0119. The Balaban J connectivity index is 2.73. The van der Waals surface area contributed by atoms with Crippen molar-refractivity contribution in [2.75, 3.05) is 57.3 Å². The maximum atomic E-state index is 13.5. The standard InChI is InChI=1S/C50H88N18O15S2/c1-23(2)15-30(41(52)75)64-43(77)29(11-9-13-55-50(53)54)62-36(73)18-57-33(70)16-56-34(71)17-59-46(80)38(24(3)4)66-44(78)31(22-85)63-37(74)20-58-45(79)32-12-10-14-68(32)49(83)26(7)61-35(72)19-60-47(81)40(27(8)69)67-48(82)39(25(5)6)65-42(76)28(51)21-84/h23-32,38-40,69,84-85H,9-22,51H2,1-8H3,(H2,52,75)(H,56,71)(H,57,70)(H,58,79)(H,59,80)(H,60,81)(H,61,72)(H,62,73)(H,63,74)(H,64,77)(H,65,76)(H,66,78)(H,67,82)(H4,53,54,55)/t26-,27+,28-,29-,30-,31-,32-,38-,39-,40-/m0/s1. The number of hydrogen-bond acceptors (Lipinski definition) is 19. The van der Waals surface area contributed by atoms with E-state index >= 15 is 0 Å². The minimum Gasteiger partial charge on any atom is -0.391 e. The van der Waals surface area contributed by atoms with E-state index in [0.717, 1.165) is 0 Å². The molecule has 14 amide bonds. The van der Waals surface area contributed by atoms with Gasteiger partial charge in [-0.2, -0.15) is 25.3 Å². The zero-order valence-electron chi connectivity index (χ0n) is 49.2. The highest BCUT2D eigenvalue weighted by molar-refractivity contribution is 7.80. The molecule has 0 bridgehead atoms. The molecule has 10 atom stereocenters. The SMILES string of the molecule is CC(C)C[C@H](NC(=O)[C@H](CCCN=C(N)N)NC(=O)CNC(=O)CNC(=O)CNC(=O)[C@@H](NC(=O)[C@H](CS)NC(=O)CNC(=O)[C@@H]1CCCN1C(=O)[C@H](C)NC(=O)CNC(=O)[C@@H](NC(=O)[C@@H](NC(=O)[C@@H](N)CS)C(C)C)[C@@H](C)O)C(C)C)C(N)=O. The summed E-state index contributed by atoms with van der Waals surface area (Å²) in [5, 5.41) is 39.1. The first-order valence-electron chi connectivity index (χ1n) is 27.5. The van der Waals surface area contributed by atoms with E-state index in [4.69, 9.17) is 22.9 Å². The van der Waals surface area contributed by atoms with Gasteiger partial charge >= 0.3 is 0 Å². The van der Waals surface area contributed by atoms with Crippen LogP contribution in [0.1, 0.15) is 87.5 Å². The molecule has 0 aromatic rings. The van der Waals surface area contributed by atoms with E-state index in [2.05, 4.69) is 94.1 Å². The van der Waals surface area contributed by atoms with Crippen molar-refractivity contribution in [1.82, 2.24) is 68.7 Å². The summed E-state index contributed by atoms with van der Waals surface area (Å²) in [7, 11) is 0. The van der Waals surface area contributed by atoms with Crippen LogP contribution >= 0.6 is 25.3 Å². The molecule has 33 nitrogen and oxygen atoms in total. The molecule has 0 aliphatic carbocycles. The highest BCUT2D eigenvalue weighted by atomic mass is 32.1. The maximum Gasteiger partial charge on any atom is 0.245 e. The fourth-order valence-electron chi connectivity index (χ4n) is 7.99. The summed E-state index contributed by atoms with van der Waals surface area (Å²) in [5.74, 6) is -12.5. The molecule has 0 aromatic heterocycles. The van der Waals surface area contributed by atoms with Crippen molar-refractivity contribution in [2.45, 2.75) is 148 Å². The van der Waals surface area contributed by atoms with Crippen LogP contribution in [0.15, 0.2) is 4.99 Å². The predicted octanol–water partition coefficient (Wildman–Crippen LogP) is -8.56. The fraction of sp³-hybridized carbons (Fsp3) is 0.700. The van der Waals surface area contributed by atoms with Gasteiger partial charge in [0.25, 0.3) is 0 Å². The average Bonchev–Trinajstić information content (AvgIpc) is 4.14. The molecule has 480 valence electrons. The molecule has 1 rings (SSSR count). The number of primary amides is 1. The number of aliphatic hydroxyl groups is 1. The third kappa shape index (κ3) is 28.3. The van der Waals surface area contributed by atoms with Crippen LogP contribution < -0.4 is 86.7 Å². The number of likely N-dealkylation sites (tertiary alicyclic amines) is 1. The van der Waals surface area contributed by atoms with E-state index in [9.17, 15) is 72.2 Å². The van der Waals surface area contributed by atoms with Crippen LogP contribution in [0.4, 0.5) is 0 Å². The molecular weight excluding hydrogens is 1160 g/mol. The first-order valence-corrected chi connectivity index (χ1v) is 28.8. The topological polar surface area (TPSA) is 523 Å². The Morgan fingerprint density at radius 1 is 0.541 bits per heavy atom. The number of aliphatic imine (C=N–C) groups is 1. The number of thiol groups is 2. The third-order valence-electron chi connectivity index (χ3n) is 12.6. The van der Waals surface area contributed by atoms with Crippen molar-refractivity contribution < 1.29 is 72.2 Å². The molecule has 1 saturated heterocycles. The number of rotatable bonds is 37. The van der Waals surface area contributed by atoms with Gasteiger partial charge in [-0.25, -0.2) is 0 Å². The van der Waals surface area contributed by atoms with Crippen LogP contribution in [0.3, 0.4) is 0 Å². The number of amides is 14. The second kappa shape index (κ2) is 38.4. The molecule has 0 radical (unpaired) electrons. The van der Waals surface area contributed by atoms with E-state index in [-0.39, 0.29) is 62.2 Å². The van der Waals surface area contributed by atoms with Gasteiger partial charge in [-0.3, -0.25) is 72.1 Å². The van der Waals surface area contributed by atoms with Crippen LogP contribution in [-0.4, -0.2) is 216 Å². The molecular formula is C50H88N18O15S2. The van der Waals surface area contributed by atoms with E-state index < -0.39 is 188 Å². The minimum absolute atomic E-state index is 0.000475. The highest BCUT2D eigenvalue weighted by Gasteiger charge is 2.38. The second-order valence-electron chi connectivity index (χ2n) is 21.1. The van der Waals surface area contributed by atoms with Crippen LogP contribution in [0.2, 0.25) is 0 Å². The lowest BCUT2D eigenvalue weighted by molar-refractivity contribution is -0.141. The summed E-state index contributed by atoms with van der Waals surface area (Å²) in [6.45, 7) is 9.66. The largest absolute Gasteiger partial charge is 0.391 e. The first-order chi connectivity index (χ1) is 39.7. The molecule has 1 aliphatic heterocycles. The normalized spacial score (nSPS) is 16.0. The molecule has 0 aromatic carbocycles. The molecule has 35 heteroatoms. The van der Waals surface area contributed by atoms with Gasteiger partial charge in [-0.05, 0) is 63.7 Å². The highest BCUT2D eigenvalue weighted by Crippen LogP contribution is 2.19. The molecule has 21 N–H and O–H groups in total. The molecule has 1 aliphatic rings. The number of nitrogens with two attached hydrogens (primary N) is 4. The molecule has 1 heterocycles. The molecule has 0 saturated carbocycles. The fourth-order valence-corrected chi connectivity index (χ4v) is 8.41. The van der Waals surface area contributed by atoms with Gasteiger partial charge in [-0.15, -0.1) is 0 Å². The summed E-state index contributed by atoms with van der Waals surface area (Å²) in [6.07, 6.45) is -0.327. The zero-order valence-corrected chi connectivity index (χ0v) is 51.0. The van der Waals surface area contributed by atoms with Gasteiger partial charge in [0.2, 0.25) is 82.7 Å². The van der Waals surface area contributed by atoms with Gasteiger partial charge in [0.15, 0.2) is 5.96 Å². The van der Waals surface area contributed by atoms with E-state index in [1.165, 1.54) is 18.7 Å². The third-order valence-corrected chi connectivity index (χ3v) is 13.4. The van der Waals surface area contributed by atoms with Gasteiger partial charge in [-0.1, -0.05) is 41.5 Å². The zero-order chi connectivity index (χ0) is 64.8. The van der Waals surface area contributed by atoms with Crippen molar-refractivity contribution in [1.29, 1.82) is 0 Å². The Bertz CT molecular complexity index is 2400. The summed E-state index contributed by atoms with van der Waals surface area (Å²) in [6, 6.07) is -10.7. The summed E-state index contributed by atoms with van der Waals surface area (Å²) in [4.78, 5) is 186. The van der Waals surface area contributed by atoms with Gasteiger partial charge in [0, 0.05) is 24.6 Å². The first kappa shape index (κ1) is 75.5. The maximum absolute atomic E-state index is 13.5. The Labute approximate surface area is 504 Å². The predicted molar refractivity (Wildman–Crippen MR) is 315 cm³/mol. The van der Waals surface area contributed by atoms with Crippen molar-refractivity contribution in [3.63, 3.8) is 0 Å². The lowest BCUT2D eigenvalue weighted by Crippen LogP contribution is -2.60. The Hall–Kier alpha value is -7.53. The van der Waals surface area contributed by atoms with Crippen LogP contribution in [0.5, 0.6) is 0 Å². The smallest absolute Gasteiger partial charge is 0.245 e. The van der Waals surface area contributed by atoms with Crippen molar-refractivity contribution in [2.24, 2.45) is 45.7 Å². The van der Waals surface area contributed by atoms with Crippen molar-refractivity contribution in [3.8, 4) is 0 Å². The van der Waals surface area contributed by atoms with Crippen molar-refractivity contribution in [3.05, 3.63) is 0 Å². The lowest BCUT2D eigenvalue weighted by atomic mass is 10.0. The Morgan fingerprint density at radius 3 is 1.53 bits per heavy atom. The number of nitrogens with one attached hydrogen (secondary N) is 12. The van der Waals surface area contributed by atoms with Crippen LogP contribution in [0.25, 0.3) is 0 Å². The average molecular weight is 1250 g/mol. The molecule has 0 spiro atoms. The second-order valence-corrected chi connectivity index (χ2v) is 21.9. The number of aliphatic hydroxyl groups excluding tert-OH is 1. The minimum atomic E-state index is -1.56. The molecule has 0 unspecified atom stereocenters. The number of carbonyl (C=O) groups is 14.